The van der Waals surface area contributed by atoms with Gasteiger partial charge in [0, 0.05) is 25.7 Å². The molecule has 1 unspecified atom stereocenters. The molecule has 1 atom stereocenters. The van der Waals surface area contributed by atoms with Crippen LogP contribution in [0.1, 0.15) is 17.2 Å². The van der Waals surface area contributed by atoms with Gasteiger partial charge in [-0.05, 0) is 42.3 Å². The molecule has 1 N–H and O–H groups in total. The van der Waals surface area contributed by atoms with E-state index in [9.17, 15) is 8.42 Å². The van der Waals surface area contributed by atoms with E-state index in [4.69, 9.17) is 9.47 Å². The summed E-state index contributed by atoms with van der Waals surface area (Å²) in [5.41, 5.74) is 1.93. The van der Waals surface area contributed by atoms with Crippen LogP contribution in [0, 0.1) is 6.92 Å². The van der Waals surface area contributed by atoms with Gasteiger partial charge in [0.1, 0.15) is 5.75 Å². The zero-order valence-corrected chi connectivity index (χ0v) is 16.5. The molecule has 1 heterocycles. The van der Waals surface area contributed by atoms with Crippen molar-refractivity contribution in [2.75, 3.05) is 40.0 Å². The molecule has 3 rings (SSSR count). The van der Waals surface area contributed by atoms with Gasteiger partial charge in [-0.15, -0.1) is 0 Å². The van der Waals surface area contributed by atoms with Crippen LogP contribution in [-0.4, -0.2) is 53.3 Å². The zero-order valence-electron chi connectivity index (χ0n) is 15.7. The lowest BCUT2D eigenvalue weighted by molar-refractivity contribution is 0.0171. The Labute approximate surface area is 161 Å². The molecule has 1 fully saturated rings. The van der Waals surface area contributed by atoms with E-state index in [1.54, 1.807) is 25.3 Å². The van der Waals surface area contributed by atoms with Gasteiger partial charge in [0.2, 0.25) is 10.0 Å². The zero-order chi connectivity index (χ0) is 19.3. The molecule has 2 aromatic carbocycles. The molecular formula is C20H26N2O4S. The highest BCUT2D eigenvalue weighted by Gasteiger charge is 2.25. The molecule has 7 heteroatoms. The summed E-state index contributed by atoms with van der Waals surface area (Å²) in [5, 5.41) is 0. The van der Waals surface area contributed by atoms with Gasteiger partial charge in [-0.1, -0.05) is 24.3 Å². The first kappa shape index (κ1) is 19.8. The van der Waals surface area contributed by atoms with Crippen molar-refractivity contribution < 1.29 is 17.9 Å². The molecule has 2 aromatic rings. The maximum absolute atomic E-state index is 12.7. The van der Waals surface area contributed by atoms with Gasteiger partial charge in [-0.25, -0.2) is 13.1 Å². The SMILES string of the molecule is COc1cccc(C(CNS(=O)(=O)c2cccc(C)c2)N2CCOCC2)c1. The maximum atomic E-state index is 12.7. The Morgan fingerprint density at radius 3 is 2.59 bits per heavy atom. The number of nitrogens with one attached hydrogen (secondary N) is 1. The van der Waals surface area contributed by atoms with Crippen LogP contribution in [0.15, 0.2) is 53.4 Å². The van der Waals surface area contributed by atoms with E-state index in [1.807, 2.05) is 37.3 Å². The molecule has 0 aromatic heterocycles. The number of benzene rings is 2. The first-order chi connectivity index (χ1) is 13.0. The average Bonchev–Trinajstić information content (AvgIpc) is 2.69. The Balaban J connectivity index is 1.82. The predicted molar refractivity (Wildman–Crippen MR) is 104 cm³/mol. The second kappa shape index (κ2) is 8.84. The van der Waals surface area contributed by atoms with Crippen LogP contribution in [0.2, 0.25) is 0 Å². The van der Waals surface area contributed by atoms with Crippen molar-refractivity contribution in [3.05, 3.63) is 59.7 Å². The number of hydrogen-bond acceptors (Lipinski definition) is 5. The number of nitrogens with zero attached hydrogens (tertiary/aromatic N) is 1. The fourth-order valence-corrected chi connectivity index (χ4v) is 4.39. The van der Waals surface area contributed by atoms with E-state index in [-0.39, 0.29) is 17.5 Å². The lowest BCUT2D eigenvalue weighted by Gasteiger charge is -2.35. The van der Waals surface area contributed by atoms with Crippen molar-refractivity contribution in [1.29, 1.82) is 0 Å². The first-order valence-corrected chi connectivity index (χ1v) is 10.5. The molecule has 1 aliphatic rings. The number of ether oxygens (including phenoxy) is 2. The van der Waals surface area contributed by atoms with E-state index in [0.29, 0.717) is 13.2 Å². The van der Waals surface area contributed by atoms with Crippen LogP contribution < -0.4 is 9.46 Å². The average molecular weight is 391 g/mol. The number of methoxy groups -OCH3 is 1. The summed E-state index contributed by atoms with van der Waals surface area (Å²) in [6.45, 7) is 4.97. The van der Waals surface area contributed by atoms with Gasteiger partial charge in [0.05, 0.1) is 25.2 Å². The molecule has 0 amide bonds. The number of aryl methyl sites for hydroxylation is 1. The van der Waals surface area contributed by atoms with E-state index in [2.05, 4.69) is 9.62 Å². The topological polar surface area (TPSA) is 67.9 Å². The summed E-state index contributed by atoms with van der Waals surface area (Å²) in [6.07, 6.45) is 0. The molecule has 6 nitrogen and oxygen atoms in total. The Kier molecular flexibility index (Phi) is 6.49. The predicted octanol–water partition coefficient (Wildman–Crippen LogP) is 2.36. The van der Waals surface area contributed by atoms with Crippen LogP contribution in [0.5, 0.6) is 5.75 Å². The second-order valence-corrected chi connectivity index (χ2v) is 8.38. The third-order valence-corrected chi connectivity index (χ3v) is 6.15. The van der Waals surface area contributed by atoms with Gasteiger partial charge in [0.15, 0.2) is 0 Å². The summed E-state index contributed by atoms with van der Waals surface area (Å²) in [5.74, 6) is 0.757. The molecule has 0 saturated carbocycles. The standard InChI is InChI=1S/C20H26N2O4S/c1-16-5-3-8-19(13-16)27(23,24)21-15-20(22-9-11-26-12-10-22)17-6-4-7-18(14-17)25-2/h3-8,13-14,20-21H,9-12,15H2,1-2H3. The number of sulfonamides is 1. The fourth-order valence-electron chi connectivity index (χ4n) is 3.25. The van der Waals surface area contributed by atoms with Gasteiger partial charge in [-0.2, -0.15) is 0 Å². The summed E-state index contributed by atoms with van der Waals surface area (Å²) >= 11 is 0. The molecule has 0 radical (unpaired) electrons. The monoisotopic (exact) mass is 390 g/mol. The summed E-state index contributed by atoms with van der Waals surface area (Å²) in [7, 11) is -1.95. The molecule has 0 bridgehead atoms. The maximum Gasteiger partial charge on any atom is 0.240 e. The third-order valence-electron chi connectivity index (χ3n) is 4.73. The van der Waals surface area contributed by atoms with Gasteiger partial charge >= 0.3 is 0 Å². The van der Waals surface area contributed by atoms with E-state index >= 15 is 0 Å². The van der Waals surface area contributed by atoms with Crippen LogP contribution in [0.3, 0.4) is 0 Å². The minimum absolute atomic E-state index is 0.0939. The molecule has 27 heavy (non-hydrogen) atoms. The number of rotatable bonds is 7. The summed E-state index contributed by atoms with van der Waals surface area (Å²) < 4.78 is 39.1. The quantitative estimate of drug-likeness (QED) is 0.786. The van der Waals surface area contributed by atoms with E-state index in [1.165, 1.54) is 0 Å². The Hall–Kier alpha value is -1.93. The van der Waals surface area contributed by atoms with Crippen molar-refractivity contribution in [2.45, 2.75) is 17.9 Å². The van der Waals surface area contributed by atoms with Crippen molar-refractivity contribution in [1.82, 2.24) is 9.62 Å². The van der Waals surface area contributed by atoms with Gasteiger partial charge < -0.3 is 9.47 Å². The first-order valence-electron chi connectivity index (χ1n) is 9.02. The van der Waals surface area contributed by atoms with E-state index < -0.39 is 10.0 Å². The fraction of sp³-hybridized carbons (Fsp3) is 0.400. The third kappa shape index (κ3) is 5.07. The number of morpholine rings is 1. The van der Waals surface area contributed by atoms with Gasteiger partial charge in [0.25, 0.3) is 0 Å². The normalized spacial score (nSPS) is 16.8. The molecule has 1 aliphatic heterocycles. The van der Waals surface area contributed by atoms with Crippen molar-refractivity contribution in [3.63, 3.8) is 0 Å². The highest BCUT2D eigenvalue weighted by molar-refractivity contribution is 7.89. The summed E-state index contributed by atoms with van der Waals surface area (Å²) in [4.78, 5) is 2.53. The highest BCUT2D eigenvalue weighted by atomic mass is 32.2. The van der Waals surface area contributed by atoms with Crippen molar-refractivity contribution >= 4 is 10.0 Å². The molecule has 146 valence electrons. The Morgan fingerprint density at radius 1 is 1.15 bits per heavy atom. The largest absolute Gasteiger partial charge is 0.497 e. The van der Waals surface area contributed by atoms with Crippen LogP contribution in [0.25, 0.3) is 0 Å². The van der Waals surface area contributed by atoms with Crippen molar-refractivity contribution in [2.24, 2.45) is 0 Å². The van der Waals surface area contributed by atoms with Crippen molar-refractivity contribution in [3.8, 4) is 5.75 Å². The van der Waals surface area contributed by atoms with Crippen LogP contribution in [-0.2, 0) is 14.8 Å². The number of hydrogen-bond donors (Lipinski definition) is 1. The molecular weight excluding hydrogens is 364 g/mol. The Bertz CT molecular complexity index is 864. The minimum Gasteiger partial charge on any atom is -0.497 e. The van der Waals surface area contributed by atoms with Crippen LogP contribution in [0.4, 0.5) is 0 Å². The lowest BCUT2D eigenvalue weighted by atomic mass is 10.0. The summed E-state index contributed by atoms with van der Waals surface area (Å²) in [6, 6.07) is 14.6. The van der Waals surface area contributed by atoms with E-state index in [0.717, 1.165) is 30.0 Å². The Morgan fingerprint density at radius 2 is 1.89 bits per heavy atom. The smallest absolute Gasteiger partial charge is 0.240 e. The molecule has 0 spiro atoms. The minimum atomic E-state index is -3.58. The highest BCUT2D eigenvalue weighted by Crippen LogP contribution is 2.25. The van der Waals surface area contributed by atoms with Gasteiger partial charge in [-0.3, -0.25) is 4.90 Å². The second-order valence-electron chi connectivity index (χ2n) is 6.61. The van der Waals surface area contributed by atoms with Crippen LogP contribution >= 0.6 is 0 Å². The molecule has 0 aliphatic carbocycles. The lowest BCUT2D eigenvalue weighted by Crippen LogP contribution is -2.43. The molecule has 1 saturated heterocycles.